The van der Waals surface area contributed by atoms with E-state index in [1.807, 2.05) is 6.92 Å². The lowest BCUT2D eigenvalue weighted by Crippen LogP contribution is -1.93. The zero-order valence-corrected chi connectivity index (χ0v) is 10.7. The molecule has 0 spiro atoms. The minimum Gasteiger partial charge on any atom is -0.502 e. The van der Waals surface area contributed by atoms with E-state index in [9.17, 15) is 0 Å². The van der Waals surface area contributed by atoms with Crippen molar-refractivity contribution in [2.75, 3.05) is 6.61 Å². The molecule has 0 bridgehead atoms. The van der Waals surface area contributed by atoms with Crippen LogP contribution >= 0.6 is 0 Å². The highest BCUT2D eigenvalue weighted by Crippen LogP contribution is 2.21. The molecule has 0 aliphatic carbocycles. The summed E-state index contributed by atoms with van der Waals surface area (Å²) in [4.78, 5) is 0. The fourth-order valence-electron chi connectivity index (χ4n) is 1.58. The molecule has 1 rings (SSSR count). The molecule has 0 saturated carbocycles. The molecule has 0 amide bonds. The van der Waals surface area contributed by atoms with Gasteiger partial charge in [0.15, 0.2) is 0 Å². The highest BCUT2D eigenvalue weighted by Gasteiger charge is 2.04. The van der Waals surface area contributed by atoms with Gasteiger partial charge in [-0.25, -0.2) is 0 Å². The molecule has 88 valence electrons. The van der Waals surface area contributed by atoms with Crippen molar-refractivity contribution in [3.63, 3.8) is 0 Å². The van der Waals surface area contributed by atoms with Gasteiger partial charge in [-0.2, -0.15) is 0 Å². The van der Waals surface area contributed by atoms with E-state index in [2.05, 4.69) is 51.1 Å². The molecule has 1 aromatic rings. The van der Waals surface area contributed by atoms with Gasteiger partial charge in [0.05, 0.1) is 12.9 Å². The van der Waals surface area contributed by atoms with Crippen molar-refractivity contribution in [1.29, 1.82) is 0 Å². The molecule has 0 aromatic heterocycles. The van der Waals surface area contributed by atoms with E-state index in [0.29, 0.717) is 11.8 Å². The Morgan fingerprint density at radius 1 is 1.19 bits per heavy atom. The Morgan fingerprint density at radius 2 is 1.88 bits per heavy atom. The van der Waals surface area contributed by atoms with Gasteiger partial charge in [0.1, 0.15) is 0 Å². The minimum absolute atomic E-state index is 0.408. The predicted octanol–water partition coefficient (Wildman–Crippen LogP) is 4.46. The Kier molecular flexibility index (Phi) is 5.10. The van der Waals surface area contributed by atoms with Crippen LogP contribution in [0.25, 0.3) is 0 Å². The number of hydrogen-bond acceptors (Lipinski definition) is 1. The van der Waals surface area contributed by atoms with Gasteiger partial charge in [-0.05, 0) is 30.0 Å². The first-order valence-electron chi connectivity index (χ1n) is 6.03. The summed E-state index contributed by atoms with van der Waals surface area (Å²) in [6.07, 6.45) is 3.90. The summed E-state index contributed by atoms with van der Waals surface area (Å²) in [7, 11) is 0. The molecule has 1 unspecified atom stereocenters. The average molecular weight is 218 g/mol. The maximum atomic E-state index is 5.22. The molecule has 0 aliphatic rings. The highest BCUT2D eigenvalue weighted by molar-refractivity contribution is 5.29. The van der Waals surface area contributed by atoms with Crippen LogP contribution < -0.4 is 0 Å². The van der Waals surface area contributed by atoms with Gasteiger partial charge in [-0.15, -0.1) is 0 Å². The van der Waals surface area contributed by atoms with Crippen molar-refractivity contribution in [1.82, 2.24) is 0 Å². The molecule has 0 N–H and O–H groups in total. The van der Waals surface area contributed by atoms with Crippen LogP contribution in [0.15, 0.2) is 36.6 Å². The molecule has 1 nitrogen and oxygen atoms in total. The zero-order valence-electron chi connectivity index (χ0n) is 10.7. The molecule has 1 heteroatoms. The van der Waals surface area contributed by atoms with Crippen LogP contribution in [0.3, 0.4) is 0 Å². The summed E-state index contributed by atoms with van der Waals surface area (Å²) in [6, 6.07) is 8.78. The molecule has 16 heavy (non-hydrogen) atoms. The maximum absolute atomic E-state index is 5.22. The van der Waals surface area contributed by atoms with Crippen molar-refractivity contribution >= 4 is 0 Å². The zero-order chi connectivity index (χ0) is 12.0. The van der Waals surface area contributed by atoms with Crippen molar-refractivity contribution < 1.29 is 4.74 Å². The van der Waals surface area contributed by atoms with Gasteiger partial charge in [-0.3, -0.25) is 0 Å². The number of ether oxygens (including phenoxy) is 1. The van der Waals surface area contributed by atoms with Crippen molar-refractivity contribution in [3.8, 4) is 0 Å². The lowest BCUT2D eigenvalue weighted by atomic mass is 9.95. The molecule has 0 heterocycles. The Morgan fingerprint density at radius 3 is 2.50 bits per heavy atom. The average Bonchev–Trinajstić information content (AvgIpc) is 2.29. The Hall–Kier alpha value is -1.24. The highest BCUT2D eigenvalue weighted by atomic mass is 16.5. The lowest BCUT2D eigenvalue weighted by Gasteiger charge is -2.11. The van der Waals surface area contributed by atoms with Crippen molar-refractivity contribution in [2.45, 2.75) is 39.5 Å². The lowest BCUT2D eigenvalue weighted by molar-refractivity contribution is 0.267. The number of benzene rings is 1. The summed E-state index contributed by atoms with van der Waals surface area (Å²) in [6.45, 7) is 9.36. The third-order valence-electron chi connectivity index (χ3n) is 2.73. The van der Waals surface area contributed by atoms with Gasteiger partial charge >= 0.3 is 0 Å². The predicted molar refractivity (Wildman–Crippen MR) is 69.7 cm³/mol. The molecule has 0 aliphatic heterocycles. The number of allylic oxidation sites excluding steroid dienone is 1. The molecule has 1 aromatic carbocycles. The van der Waals surface area contributed by atoms with E-state index >= 15 is 0 Å². The number of rotatable bonds is 5. The summed E-state index contributed by atoms with van der Waals surface area (Å²) in [5.74, 6) is 0.994. The maximum Gasteiger partial charge on any atom is 0.0845 e. The van der Waals surface area contributed by atoms with Crippen LogP contribution in [0.5, 0.6) is 0 Å². The van der Waals surface area contributed by atoms with Crippen molar-refractivity contribution in [3.05, 3.63) is 47.7 Å². The monoisotopic (exact) mass is 218 g/mol. The van der Waals surface area contributed by atoms with Crippen LogP contribution in [0, 0.1) is 0 Å². The topological polar surface area (TPSA) is 9.23 Å². The standard InChI is InChI=1S/C15H22O/c1-5-16-10-9-13(4)15-8-6-7-14(11-15)12(2)3/h6-13H,5H2,1-4H3/b10-9+. The van der Waals surface area contributed by atoms with Gasteiger partial charge in [0.2, 0.25) is 0 Å². The Bertz CT molecular complexity index is 339. The van der Waals surface area contributed by atoms with E-state index in [-0.39, 0.29) is 0 Å². The first kappa shape index (κ1) is 12.8. The van der Waals surface area contributed by atoms with E-state index in [1.54, 1.807) is 6.26 Å². The summed E-state index contributed by atoms with van der Waals surface area (Å²) in [5, 5.41) is 0. The first-order valence-corrected chi connectivity index (χ1v) is 6.03. The third-order valence-corrected chi connectivity index (χ3v) is 2.73. The smallest absolute Gasteiger partial charge is 0.0845 e. The Labute approximate surface area is 99.1 Å². The minimum atomic E-state index is 0.408. The summed E-state index contributed by atoms with van der Waals surface area (Å²) >= 11 is 0. The quantitative estimate of drug-likeness (QED) is 0.663. The van der Waals surface area contributed by atoms with Gasteiger partial charge in [0.25, 0.3) is 0 Å². The summed E-state index contributed by atoms with van der Waals surface area (Å²) < 4.78 is 5.22. The SMILES string of the molecule is CCO/C=C/C(C)c1cccc(C(C)C)c1. The first-order chi connectivity index (χ1) is 7.65. The number of hydrogen-bond donors (Lipinski definition) is 0. The molecule has 0 fully saturated rings. The van der Waals surface area contributed by atoms with Crippen LogP contribution in [-0.2, 0) is 4.74 Å². The second-order valence-electron chi connectivity index (χ2n) is 4.40. The fraction of sp³-hybridized carbons (Fsp3) is 0.467. The molecular formula is C15H22O. The third kappa shape index (κ3) is 3.73. The molecular weight excluding hydrogens is 196 g/mol. The van der Waals surface area contributed by atoms with Gasteiger partial charge < -0.3 is 4.74 Å². The molecule has 1 atom stereocenters. The summed E-state index contributed by atoms with van der Waals surface area (Å²) in [5.41, 5.74) is 2.75. The largest absolute Gasteiger partial charge is 0.502 e. The molecule has 0 radical (unpaired) electrons. The molecule has 0 saturated heterocycles. The van der Waals surface area contributed by atoms with E-state index in [0.717, 1.165) is 6.61 Å². The van der Waals surface area contributed by atoms with E-state index in [4.69, 9.17) is 4.74 Å². The van der Waals surface area contributed by atoms with E-state index < -0.39 is 0 Å². The van der Waals surface area contributed by atoms with E-state index in [1.165, 1.54) is 11.1 Å². The van der Waals surface area contributed by atoms with Crippen LogP contribution in [0.1, 0.15) is 50.7 Å². The van der Waals surface area contributed by atoms with Crippen LogP contribution in [-0.4, -0.2) is 6.61 Å². The van der Waals surface area contributed by atoms with Gasteiger partial charge in [0, 0.05) is 5.92 Å². The second kappa shape index (κ2) is 6.37. The van der Waals surface area contributed by atoms with Crippen molar-refractivity contribution in [2.24, 2.45) is 0 Å². The normalized spacial score (nSPS) is 13.3. The Balaban J connectivity index is 2.75. The van der Waals surface area contributed by atoms with Gasteiger partial charge in [-0.1, -0.05) is 45.0 Å². The second-order valence-corrected chi connectivity index (χ2v) is 4.40. The fourth-order valence-corrected chi connectivity index (χ4v) is 1.58. The van der Waals surface area contributed by atoms with Crippen LogP contribution in [0.2, 0.25) is 0 Å². The van der Waals surface area contributed by atoms with Crippen LogP contribution in [0.4, 0.5) is 0 Å².